The molecule has 82 valence electrons. The van der Waals surface area contributed by atoms with Gasteiger partial charge in [0.05, 0.1) is 7.11 Å². The Hall–Kier alpha value is 0.401. The maximum Gasteiger partial charge on any atom is 1.00 e. The van der Waals surface area contributed by atoms with E-state index in [0.717, 1.165) is 28.9 Å². The fourth-order valence-electron chi connectivity index (χ4n) is 0.846. The van der Waals surface area contributed by atoms with Gasteiger partial charge in [-0.1, -0.05) is 11.5 Å². The Labute approximate surface area is 137 Å². The van der Waals surface area contributed by atoms with E-state index in [0.29, 0.717) is 4.88 Å². The number of hydrogen-bond acceptors (Lipinski definition) is 3. The third-order valence-electron chi connectivity index (χ3n) is 1.60. The van der Waals surface area contributed by atoms with Crippen LogP contribution in [0.15, 0.2) is 17.5 Å². The first-order chi connectivity index (χ1) is 6.93. The van der Waals surface area contributed by atoms with Gasteiger partial charge in [0, 0.05) is 11.0 Å². The molecule has 0 fully saturated rings. The van der Waals surface area contributed by atoms with Gasteiger partial charge in [0.1, 0.15) is 0 Å². The standard InChI is InChI=1S/C8H7BF3O2S.K/c1-14-8(13)3-2-7-4-6(5-15-7)9(10,11)12;/h2-5H,1H3;/q-1;+1/b3-2+;. The van der Waals surface area contributed by atoms with Crippen molar-refractivity contribution in [1.82, 2.24) is 0 Å². The van der Waals surface area contributed by atoms with Crippen LogP contribution in [0.2, 0.25) is 0 Å². The third kappa shape index (κ3) is 5.15. The molecule has 8 heteroatoms. The molecule has 0 aliphatic rings. The molecule has 0 saturated carbocycles. The second-order valence-corrected chi connectivity index (χ2v) is 3.66. The van der Waals surface area contributed by atoms with E-state index in [1.54, 1.807) is 0 Å². The summed E-state index contributed by atoms with van der Waals surface area (Å²) < 4.78 is 41.0. The van der Waals surface area contributed by atoms with Crippen molar-refractivity contribution in [2.45, 2.75) is 0 Å². The minimum absolute atomic E-state index is 0. The van der Waals surface area contributed by atoms with Crippen molar-refractivity contribution < 1.29 is 73.9 Å². The number of thiophene rings is 1. The van der Waals surface area contributed by atoms with Crippen LogP contribution in [0.1, 0.15) is 4.88 Å². The zero-order valence-electron chi connectivity index (χ0n) is 8.75. The Morgan fingerprint density at radius 1 is 1.50 bits per heavy atom. The van der Waals surface area contributed by atoms with Gasteiger partial charge in [-0.15, -0.1) is 11.3 Å². The molecule has 0 N–H and O–H groups in total. The topological polar surface area (TPSA) is 26.3 Å². The normalized spacial score (nSPS) is 11.2. The second-order valence-electron chi connectivity index (χ2n) is 2.71. The number of carbonyl (C=O) groups excluding carboxylic acids is 1. The Bertz CT molecular complexity index is 389. The molecule has 0 unspecified atom stereocenters. The SMILES string of the molecule is COC(=O)/C=C/c1cc([B-](F)(F)F)cs1.[K+]. The Morgan fingerprint density at radius 3 is 2.56 bits per heavy atom. The van der Waals surface area contributed by atoms with Crippen LogP contribution in [0.3, 0.4) is 0 Å². The molecular weight excluding hydrogens is 267 g/mol. The molecule has 0 aromatic carbocycles. The quantitative estimate of drug-likeness (QED) is 0.401. The first-order valence-corrected chi connectivity index (χ1v) is 4.86. The summed E-state index contributed by atoms with van der Waals surface area (Å²) in [6.45, 7) is -4.96. The zero-order valence-corrected chi connectivity index (χ0v) is 12.7. The average Bonchev–Trinajstić information content (AvgIpc) is 2.61. The zero-order chi connectivity index (χ0) is 11.5. The molecule has 0 bridgehead atoms. The summed E-state index contributed by atoms with van der Waals surface area (Å²) in [6, 6.07) is 1.00. The van der Waals surface area contributed by atoms with Crippen LogP contribution >= 0.6 is 11.3 Å². The largest absolute Gasteiger partial charge is 1.00 e. The van der Waals surface area contributed by atoms with E-state index in [9.17, 15) is 17.7 Å². The number of carbonyl (C=O) groups is 1. The molecule has 2 nitrogen and oxygen atoms in total. The van der Waals surface area contributed by atoms with E-state index in [-0.39, 0.29) is 51.4 Å². The van der Waals surface area contributed by atoms with E-state index in [4.69, 9.17) is 0 Å². The molecule has 1 heterocycles. The monoisotopic (exact) mass is 274 g/mol. The molecular formula is C8H7BF3KO2S. The second kappa shape index (κ2) is 6.97. The molecule has 0 aliphatic carbocycles. The number of hydrogen-bond donors (Lipinski definition) is 0. The van der Waals surface area contributed by atoms with E-state index in [1.807, 2.05) is 0 Å². The van der Waals surface area contributed by atoms with Crippen molar-refractivity contribution in [2.24, 2.45) is 0 Å². The minimum Gasteiger partial charge on any atom is -0.466 e. The molecule has 0 spiro atoms. The molecule has 1 rings (SSSR count). The summed E-state index contributed by atoms with van der Waals surface area (Å²) in [6.07, 6.45) is 2.38. The summed E-state index contributed by atoms with van der Waals surface area (Å²) >= 11 is 0.930. The van der Waals surface area contributed by atoms with Crippen molar-refractivity contribution in [3.63, 3.8) is 0 Å². The summed E-state index contributed by atoms with van der Waals surface area (Å²) in [5, 5.41) is 1.02. The number of methoxy groups -OCH3 is 1. The van der Waals surface area contributed by atoms with Crippen LogP contribution < -0.4 is 56.8 Å². The maximum absolute atomic E-state index is 12.2. The van der Waals surface area contributed by atoms with Gasteiger partial charge in [-0.05, 0) is 11.5 Å². The van der Waals surface area contributed by atoms with Crippen LogP contribution in [0.5, 0.6) is 0 Å². The molecule has 0 saturated heterocycles. The summed E-state index contributed by atoms with van der Waals surface area (Å²) in [5.74, 6) is -0.595. The first-order valence-electron chi connectivity index (χ1n) is 3.98. The van der Waals surface area contributed by atoms with Gasteiger partial charge in [0.2, 0.25) is 0 Å². The van der Waals surface area contributed by atoms with Crippen LogP contribution in [0.4, 0.5) is 12.9 Å². The van der Waals surface area contributed by atoms with E-state index >= 15 is 0 Å². The van der Waals surface area contributed by atoms with E-state index in [1.165, 1.54) is 13.2 Å². The number of ether oxygens (including phenoxy) is 1. The minimum atomic E-state index is -4.96. The van der Waals surface area contributed by atoms with Crippen LogP contribution in [0.25, 0.3) is 6.08 Å². The molecule has 0 radical (unpaired) electrons. The predicted molar refractivity (Wildman–Crippen MR) is 54.1 cm³/mol. The molecule has 1 aromatic rings. The number of esters is 1. The third-order valence-corrected chi connectivity index (χ3v) is 2.52. The summed E-state index contributed by atoms with van der Waals surface area (Å²) in [7, 11) is 1.20. The van der Waals surface area contributed by atoms with Crippen molar-refractivity contribution >= 4 is 35.8 Å². The maximum atomic E-state index is 12.2. The van der Waals surface area contributed by atoms with Crippen molar-refractivity contribution in [1.29, 1.82) is 0 Å². The summed E-state index contributed by atoms with van der Waals surface area (Å²) in [5.41, 5.74) is -0.649. The molecule has 0 amide bonds. The number of rotatable bonds is 3. The Kier molecular flexibility index (Phi) is 7.15. The molecule has 0 atom stereocenters. The van der Waals surface area contributed by atoms with Crippen LogP contribution in [-0.4, -0.2) is 20.1 Å². The van der Waals surface area contributed by atoms with Crippen molar-refractivity contribution in [3.8, 4) is 0 Å². The summed E-state index contributed by atoms with van der Waals surface area (Å²) in [4.78, 5) is 11.0. The van der Waals surface area contributed by atoms with Gasteiger partial charge in [0.25, 0.3) is 0 Å². The van der Waals surface area contributed by atoms with Crippen LogP contribution in [-0.2, 0) is 9.53 Å². The Balaban J connectivity index is 0.00000225. The van der Waals surface area contributed by atoms with Crippen molar-refractivity contribution in [3.05, 3.63) is 22.4 Å². The van der Waals surface area contributed by atoms with Gasteiger partial charge in [-0.3, -0.25) is 0 Å². The molecule has 1 aromatic heterocycles. The smallest absolute Gasteiger partial charge is 0.466 e. The van der Waals surface area contributed by atoms with Crippen LogP contribution in [0, 0.1) is 0 Å². The molecule has 16 heavy (non-hydrogen) atoms. The molecule has 0 aliphatic heterocycles. The van der Waals surface area contributed by atoms with Gasteiger partial charge in [0.15, 0.2) is 0 Å². The fourth-order valence-corrected chi connectivity index (χ4v) is 1.69. The number of halogens is 3. The van der Waals surface area contributed by atoms with Gasteiger partial charge < -0.3 is 17.7 Å². The fraction of sp³-hybridized carbons (Fsp3) is 0.125. The van der Waals surface area contributed by atoms with E-state index in [2.05, 4.69) is 4.74 Å². The van der Waals surface area contributed by atoms with Gasteiger partial charge in [-0.2, -0.15) is 0 Å². The predicted octanol–water partition coefficient (Wildman–Crippen LogP) is -1.01. The van der Waals surface area contributed by atoms with Gasteiger partial charge in [-0.25, -0.2) is 4.79 Å². The Morgan fingerprint density at radius 2 is 2.12 bits per heavy atom. The average molecular weight is 274 g/mol. The van der Waals surface area contributed by atoms with Gasteiger partial charge >= 0.3 is 64.3 Å². The van der Waals surface area contributed by atoms with E-state index < -0.39 is 18.4 Å². The van der Waals surface area contributed by atoms with Crippen molar-refractivity contribution in [2.75, 3.05) is 7.11 Å². The first kappa shape index (κ1) is 16.4.